The molecular weight excluding hydrogens is 588 g/mol. The Hall–Kier alpha value is -3.96. The Bertz CT molecular complexity index is 1410. The van der Waals surface area contributed by atoms with E-state index in [0.717, 1.165) is 50.2 Å². The fraction of sp³-hybridized carbons (Fsp3) is 0.647. The van der Waals surface area contributed by atoms with E-state index in [1.54, 1.807) is 41.5 Å². The number of esters is 2. The maximum absolute atomic E-state index is 13.1. The molecule has 1 atom stereocenters. The van der Waals surface area contributed by atoms with Crippen molar-refractivity contribution in [3.05, 3.63) is 40.5 Å². The first-order valence-electron chi connectivity index (χ1n) is 16.3. The number of pyridine rings is 1. The summed E-state index contributed by atoms with van der Waals surface area (Å²) in [7, 11) is 0. The average Bonchev–Trinajstić information content (AvgIpc) is 2.97. The topological polar surface area (TPSA) is 145 Å². The van der Waals surface area contributed by atoms with Gasteiger partial charge in [0.25, 0.3) is 0 Å². The van der Waals surface area contributed by atoms with Crippen LogP contribution in [-0.4, -0.2) is 76.5 Å². The highest BCUT2D eigenvalue weighted by Crippen LogP contribution is 2.33. The maximum atomic E-state index is 13.1. The summed E-state index contributed by atoms with van der Waals surface area (Å²) in [5.74, 6) is 1.04. The summed E-state index contributed by atoms with van der Waals surface area (Å²) in [6, 6.07) is 3.37. The van der Waals surface area contributed by atoms with Gasteiger partial charge < -0.3 is 29.7 Å². The highest BCUT2D eigenvalue weighted by molar-refractivity contribution is 5.83. The number of aryl methyl sites for hydroxylation is 3. The van der Waals surface area contributed by atoms with Crippen LogP contribution in [0.2, 0.25) is 0 Å². The third-order valence-corrected chi connectivity index (χ3v) is 7.84. The molecule has 0 bridgehead atoms. The summed E-state index contributed by atoms with van der Waals surface area (Å²) in [4.78, 5) is 54.3. The molecule has 2 aliphatic rings. The SMILES string of the molecule is Cc1nc(NC[C@H](NC(=O)OCC(=O)OC(C)(C)C)C(=O)OC(C)(C)C)c(C)c(N2CCC(c3ccc4c(n3)CCCC4)CC2)n1. The van der Waals surface area contributed by atoms with Crippen LogP contribution in [0.1, 0.15) is 101 Å². The molecule has 2 aromatic rings. The predicted octanol–water partition coefficient (Wildman–Crippen LogP) is 4.94. The van der Waals surface area contributed by atoms with Gasteiger partial charge >= 0.3 is 18.0 Å². The maximum Gasteiger partial charge on any atom is 0.408 e. The number of aromatic nitrogens is 3. The average molecular weight is 639 g/mol. The first kappa shape index (κ1) is 34.9. The molecule has 2 N–H and O–H groups in total. The lowest BCUT2D eigenvalue weighted by molar-refractivity contribution is -0.158. The minimum Gasteiger partial charge on any atom is -0.458 e. The van der Waals surface area contributed by atoms with Gasteiger partial charge in [0.05, 0.1) is 0 Å². The summed E-state index contributed by atoms with van der Waals surface area (Å²) in [5.41, 5.74) is 3.21. The highest BCUT2D eigenvalue weighted by Gasteiger charge is 2.30. The fourth-order valence-corrected chi connectivity index (χ4v) is 5.75. The molecule has 252 valence electrons. The second-order valence-corrected chi connectivity index (χ2v) is 14.2. The molecule has 12 nitrogen and oxygen atoms in total. The van der Waals surface area contributed by atoms with Crippen molar-refractivity contribution in [2.45, 2.75) is 117 Å². The molecule has 0 aromatic carbocycles. The molecular formula is C34H50N6O6. The third-order valence-electron chi connectivity index (χ3n) is 7.84. The van der Waals surface area contributed by atoms with Crippen molar-refractivity contribution in [3.63, 3.8) is 0 Å². The van der Waals surface area contributed by atoms with Crippen LogP contribution in [0.5, 0.6) is 0 Å². The van der Waals surface area contributed by atoms with E-state index in [-0.39, 0.29) is 6.54 Å². The van der Waals surface area contributed by atoms with Gasteiger partial charge in [0, 0.05) is 42.5 Å². The molecule has 46 heavy (non-hydrogen) atoms. The van der Waals surface area contributed by atoms with Gasteiger partial charge in [0.1, 0.15) is 34.7 Å². The molecule has 4 rings (SSSR count). The minimum absolute atomic E-state index is 0.0285. The monoisotopic (exact) mass is 638 g/mol. The van der Waals surface area contributed by atoms with E-state index in [1.165, 1.54) is 29.8 Å². The molecule has 2 aromatic heterocycles. The van der Waals surface area contributed by atoms with E-state index in [9.17, 15) is 14.4 Å². The van der Waals surface area contributed by atoms with Gasteiger partial charge in [-0.25, -0.2) is 24.4 Å². The molecule has 0 unspecified atom stereocenters. The van der Waals surface area contributed by atoms with Crippen LogP contribution >= 0.6 is 0 Å². The third kappa shape index (κ3) is 10.0. The Labute approximate surface area is 272 Å². The van der Waals surface area contributed by atoms with Crippen LogP contribution in [-0.2, 0) is 36.6 Å². The van der Waals surface area contributed by atoms with Crippen molar-refractivity contribution in [2.75, 3.05) is 36.5 Å². The number of anilines is 2. The second kappa shape index (κ2) is 14.6. The van der Waals surface area contributed by atoms with Crippen molar-refractivity contribution in [1.29, 1.82) is 0 Å². The number of amides is 1. The molecule has 1 aliphatic heterocycles. The first-order valence-corrected chi connectivity index (χ1v) is 16.3. The van der Waals surface area contributed by atoms with Crippen molar-refractivity contribution in [3.8, 4) is 0 Å². The number of fused-ring (bicyclic) bond motifs is 1. The number of hydrogen-bond donors (Lipinski definition) is 2. The number of carbonyl (C=O) groups is 3. The summed E-state index contributed by atoms with van der Waals surface area (Å²) in [6.07, 6.45) is 5.70. The second-order valence-electron chi connectivity index (χ2n) is 14.2. The Morgan fingerprint density at radius 3 is 2.28 bits per heavy atom. The quantitative estimate of drug-likeness (QED) is 0.285. The smallest absolute Gasteiger partial charge is 0.408 e. The van der Waals surface area contributed by atoms with Crippen molar-refractivity contribution in [1.82, 2.24) is 20.3 Å². The van der Waals surface area contributed by atoms with E-state index in [2.05, 4.69) is 32.7 Å². The van der Waals surface area contributed by atoms with E-state index in [0.29, 0.717) is 17.6 Å². The molecule has 1 saturated heterocycles. The lowest BCUT2D eigenvalue weighted by Gasteiger charge is -2.34. The van der Waals surface area contributed by atoms with Gasteiger partial charge in [-0.15, -0.1) is 0 Å². The Morgan fingerprint density at radius 1 is 0.935 bits per heavy atom. The summed E-state index contributed by atoms with van der Waals surface area (Å²) in [5, 5.41) is 5.73. The van der Waals surface area contributed by atoms with Gasteiger partial charge in [0.15, 0.2) is 6.61 Å². The number of piperidine rings is 1. The summed E-state index contributed by atoms with van der Waals surface area (Å²) in [6.45, 7) is 15.2. The van der Waals surface area contributed by atoms with Crippen LogP contribution < -0.4 is 15.5 Å². The van der Waals surface area contributed by atoms with Crippen molar-refractivity contribution >= 4 is 29.7 Å². The van der Waals surface area contributed by atoms with Gasteiger partial charge in [-0.05, 0) is 106 Å². The molecule has 0 spiro atoms. The van der Waals surface area contributed by atoms with E-state index in [1.807, 2.05) is 13.8 Å². The van der Waals surface area contributed by atoms with E-state index >= 15 is 0 Å². The van der Waals surface area contributed by atoms with Gasteiger partial charge in [-0.2, -0.15) is 0 Å². The van der Waals surface area contributed by atoms with E-state index in [4.69, 9.17) is 24.2 Å². The summed E-state index contributed by atoms with van der Waals surface area (Å²) < 4.78 is 15.7. The number of hydrogen-bond acceptors (Lipinski definition) is 11. The van der Waals surface area contributed by atoms with Crippen LogP contribution in [0.3, 0.4) is 0 Å². The molecule has 0 saturated carbocycles. The predicted molar refractivity (Wildman–Crippen MR) is 175 cm³/mol. The Morgan fingerprint density at radius 2 is 1.61 bits per heavy atom. The number of ether oxygens (including phenoxy) is 3. The lowest BCUT2D eigenvalue weighted by atomic mass is 9.90. The fourth-order valence-electron chi connectivity index (χ4n) is 5.75. The normalized spacial score (nSPS) is 16.2. The molecule has 3 heterocycles. The zero-order valence-corrected chi connectivity index (χ0v) is 28.6. The van der Waals surface area contributed by atoms with Gasteiger partial charge in [-0.3, -0.25) is 4.98 Å². The van der Waals surface area contributed by atoms with Gasteiger partial charge in [-0.1, -0.05) is 6.07 Å². The molecule has 1 fully saturated rings. The van der Waals surface area contributed by atoms with Gasteiger partial charge in [0.2, 0.25) is 0 Å². The highest BCUT2D eigenvalue weighted by atomic mass is 16.6. The molecule has 1 amide bonds. The van der Waals surface area contributed by atoms with Crippen molar-refractivity contribution < 1.29 is 28.6 Å². The zero-order valence-electron chi connectivity index (χ0n) is 28.6. The zero-order chi connectivity index (χ0) is 33.6. The van der Waals surface area contributed by atoms with Crippen LogP contribution in [0.15, 0.2) is 12.1 Å². The largest absolute Gasteiger partial charge is 0.458 e. The summed E-state index contributed by atoms with van der Waals surface area (Å²) >= 11 is 0. The lowest BCUT2D eigenvalue weighted by Crippen LogP contribution is -2.48. The van der Waals surface area contributed by atoms with Crippen LogP contribution in [0.4, 0.5) is 16.4 Å². The van der Waals surface area contributed by atoms with Crippen molar-refractivity contribution in [2.24, 2.45) is 0 Å². The Kier molecular flexibility index (Phi) is 11.1. The van der Waals surface area contributed by atoms with Crippen LogP contribution in [0, 0.1) is 13.8 Å². The standard InChI is InChI=1S/C34H50N6O6/c1-21-29(35-19-27(31(42)46-34(6,7)8)39-32(43)44-20-28(41)45-33(3,4)5)36-22(2)37-30(21)40-17-15-24(16-18-40)26-14-13-23-11-9-10-12-25(23)38-26/h13-14,24,27H,9-12,15-20H2,1-8H3,(H,39,43)(H,35,36,37)/t27-/m0/s1. The molecule has 12 heteroatoms. The minimum atomic E-state index is -1.12. The number of rotatable bonds is 9. The Balaban J connectivity index is 1.41. The number of nitrogens with one attached hydrogen (secondary N) is 2. The van der Waals surface area contributed by atoms with E-state index < -0.39 is 41.9 Å². The first-order chi connectivity index (χ1) is 21.6. The number of carbonyl (C=O) groups excluding carboxylic acids is 3. The molecule has 0 radical (unpaired) electrons. The molecule has 1 aliphatic carbocycles. The number of alkyl carbamates (subject to hydrolysis) is 1. The van der Waals surface area contributed by atoms with Crippen LogP contribution in [0.25, 0.3) is 0 Å². The number of nitrogens with zero attached hydrogens (tertiary/aromatic N) is 4.